The van der Waals surface area contributed by atoms with E-state index in [9.17, 15) is 13.2 Å². The zero-order chi connectivity index (χ0) is 7.56. The molecule has 0 atom stereocenters. The van der Waals surface area contributed by atoms with Crippen LogP contribution in [0.25, 0.3) is 0 Å². The van der Waals surface area contributed by atoms with Gasteiger partial charge in [0.15, 0.2) is 0 Å². The van der Waals surface area contributed by atoms with Crippen molar-refractivity contribution in [3.8, 4) is 0 Å². The molecule has 10 heavy (non-hydrogen) atoms. The van der Waals surface area contributed by atoms with Crippen molar-refractivity contribution < 1.29 is 13.2 Å². The Hall–Kier alpha value is -1.06. The number of alkyl halides is 2. The summed E-state index contributed by atoms with van der Waals surface area (Å²) in [5.74, 6) is -0.690. The lowest BCUT2D eigenvalue weighted by Crippen LogP contribution is -1.89. The molecule has 4 heteroatoms. The maximum absolute atomic E-state index is 12.2. The number of hydrogen-bond acceptors (Lipinski definition) is 1. The monoisotopic (exact) mass is 147 g/mol. The van der Waals surface area contributed by atoms with Crippen LogP contribution in [-0.2, 0) is 0 Å². The molecule has 1 rings (SSSR count). The van der Waals surface area contributed by atoms with Crippen LogP contribution in [0.15, 0.2) is 18.3 Å². The minimum Gasteiger partial charge on any atom is -0.255 e. The Balaban J connectivity index is 2.96. The summed E-state index contributed by atoms with van der Waals surface area (Å²) in [5, 5.41) is 0. The van der Waals surface area contributed by atoms with Crippen LogP contribution in [0, 0.1) is 5.82 Å². The highest BCUT2D eigenvalue weighted by Gasteiger charge is 2.07. The highest BCUT2D eigenvalue weighted by Crippen LogP contribution is 2.15. The van der Waals surface area contributed by atoms with E-state index < -0.39 is 17.9 Å². The molecule has 0 aromatic carbocycles. The highest BCUT2D eigenvalue weighted by atomic mass is 19.3. The molecule has 1 nitrogen and oxygen atoms in total. The van der Waals surface area contributed by atoms with Crippen LogP contribution in [0.4, 0.5) is 13.2 Å². The van der Waals surface area contributed by atoms with Gasteiger partial charge in [-0.25, -0.2) is 13.2 Å². The molecule has 1 aromatic rings. The van der Waals surface area contributed by atoms with Crippen molar-refractivity contribution in [3.05, 3.63) is 29.8 Å². The predicted molar refractivity (Wildman–Crippen MR) is 29.2 cm³/mol. The van der Waals surface area contributed by atoms with E-state index in [1.54, 1.807) is 0 Å². The minimum absolute atomic E-state index is 0.528. The first kappa shape index (κ1) is 7.05. The van der Waals surface area contributed by atoms with E-state index in [4.69, 9.17) is 0 Å². The molecular weight excluding hydrogens is 143 g/mol. The van der Waals surface area contributed by atoms with E-state index >= 15 is 0 Å². The van der Waals surface area contributed by atoms with Gasteiger partial charge in [-0.05, 0) is 6.07 Å². The van der Waals surface area contributed by atoms with Gasteiger partial charge in [0, 0.05) is 12.3 Å². The van der Waals surface area contributed by atoms with Gasteiger partial charge in [-0.15, -0.1) is 0 Å². The summed E-state index contributed by atoms with van der Waals surface area (Å²) >= 11 is 0. The van der Waals surface area contributed by atoms with Crippen molar-refractivity contribution in [1.82, 2.24) is 4.98 Å². The first-order chi connectivity index (χ1) is 4.70. The fraction of sp³-hybridized carbons (Fsp3) is 0.167. The molecule has 0 radical (unpaired) electrons. The number of nitrogens with zero attached hydrogens (tertiary/aromatic N) is 1. The van der Waals surface area contributed by atoms with Crippen LogP contribution in [0.1, 0.15) is 12.1 Å². The van der Waals surface area contributed by atoms with Crippen molar-refractivity contribution in [2.45, 2.75) is 6.43 Å². The van der Waals surface area contributed by atoms with Gasteiger partial charge in [0.2, 0.25) is 0 Å². The number of rotatable bonds is 1. The lowest BCUT2D eigenvalue weighted by Gasteiger charge is -1.95. The average Bonchev–Trinajstić information content (AvgIpc) is 1.88. The molecule has 0 bridgehead atoms. The Kier molecular flexibility index (Phi) is 1.89. The van der Waals surface area contributed by atoms with Crippen LogP contribution in [0.2, 0.25) is 0 Å². The number of hydrogen-bond donors (Lipinski definition) is 0. The van der Waals surface area contributed by atoms with Gasteiger partial charge in [-0.1, -0.05) is 0 Å². The molecule has 0 aliphatic rings. The van der Waals surface area contributed by atoms with E-state index in [0.29, 0.717) is 6.07 Å². The van der Waals surface area contributed by atoms with Crippen LogP contribution < -0.4 is 0 Å². The SMILES string of the molecule is Fc1ccnc(C(F)F)c1. The quantitative estimate of drug-likeness (QED) is 0.593. The smallest absolute Gasteiger partial charge is 0.255 e. The molecule has 0 aliphatic heterocycles. The van der Waals surface area contributed by atoms with Gasteiger partial charge in [0.25, 0.3) is 6.43 Å². The third-order valence-corrected chi connectivity index (χ3v) is 0.967. The zero-order valence-electron chi connectivity index (χ0n) is 4.89. The maximum Gasteiger partial charge on any atom is 0.280 e. The van der Waals surface area contributed by atoms with Crippen molar-refractivity contribution in [2.24, 2.45) is 0 Å². The zero-order valence-corrected chi connectivity index (χ0v) is 4.89. The van der Waals surface area contributed by atoms with E-state index in [2.05, 4.69) is 4.98 Å². The minimum atomic E-state index is -2.70. The molecule has 1 heterocycles. The second kappa shape index (κ2) is 2.68. The Labute approximate surface area is 55.5 Å². The molecule has 0 fully saturated rings. The van der Waals surface area contributed by atoms with Gasteiger partial charge in [-0.2, -0.15) is 0 Å². The van der Waals surface area contributed by atoms with Crippen LogP contribution in [0.5, 0.6) is 0 Å². The van der Waals surface area contributed by atoms with Gasteiger partial charge >= 0.3 is 0 Å². The summed E-state index contributed by atoms with van der Waals surface area (Å²) in [7, 11) is 0. The van der Waals surface area contributed by atoms with E-state index in [1.165, 1.54) is 0 Å². The lowest BCUT2D eigenvalue weighted by molar-refractivity contribution is 0.145. The Morgan fingerprint density at radius 1 is 1.40 bits per heavy atom. The number of pyridine rings is 1. The fourth-order valence-electron chi connectivity index (χ4n) is 0.541. The summed E-state index contributed by atoms with van der Waals surface area (Å²) in [4.78, 5) is 3.25. The summed E-state index contributed by atoms with van der Waals surface area (Å²) in [6.45, 7) is 0. The second-order valence-electron chi connectivity index (χ2n) is 1.70. The fourth-order valence-corrected chi connectivity index (χ4v) is 0.541. The molecule has 0 unspecified atom stereocenters. The second-order valence-corrected chi connectivity index (χ2v) is 1.70. The molecule has 0 aliphatic carbocycles. The Bertz CT molecular complexity index is 224. The summed E-state index contributed by atoms with van der Waals surface area (Å²) in [6, 6.07) is 1.73. The Morgan fingerprint density at radius 2 is 2.10 bits per heavy atom. The molecule has 0 saturated heterocycles. The van der Waals surface area contributed by atoms with Crippen molar-refractivity contribution in [2.75, 3.05) is 0 Å². The van der Waals surface area contributed by atoms with Gasteiger partial charge < -0.3 is 0 Å². The van der Waals surface area contributed by atoms with E-state index in [0.717, 1.165) is 12.3 Å². The first-order valence-electron chi connectivity index (χ1n) is 2.60. The van der Waals surface area contributed by atoms with Crippen molar-refractivity contribution in [3.63, 3.8) is 0 Å². The van der Waals surface area contributed by atoms with Gasteiger partial charge in [0.05, 0.1) is 0 Å². The van der Waals surface area contributed by atoms with Crippen LogP contribution >= 0.6 is 0 Å². The molecule has 0 saturated carbocycles. The third-order valence-electron chi connectivity index (χ3n) is 0.967. The van der Waals surface area contributed by atoms with Crippen molar-refractivity contribution in [1.29, 1.82) is 0 Å². The van der Waals surface area contributed by atoms with E-state index in [1.807, 2.05) is 0 Å². The Morgan fingerprint density at radius 3 is 2.50 bits per heavy atom. The summed E-state index contributed by atoms with van der Waals surface area (Å²) in [6.07, 6.45) is -1.69. The predicted octanol–water partition coefficient (Wildman–Crippen LogP) is 2.16. The standard InChI is InChI=1S/C6H4F3N/c7-4-1-2-10-5(3-4)6(8)9/h1-3,6H. The van der Waals surface area contributed by atoms with Gasteiger partial charge in [-0.3, -0.25) is 4.98 Å². The summed E-state index contributed by atoms with van der Waals surface area (Å²) in [5.41, 5.74) is -0.528. The molecule has 0 spiro atoms. The largest absolute Gasteiger partial charge is 0.280 e. The highest BCUT2D eigenvalue weighted by molar-refractivity contribution is 5.06. The van der Waals surface area contributed by atoms with Crippen LogP contribution in [-0.4, -0.2) is 4.98 Å². The summed E-state index contributed by atoms with van der Waals surface area (Å²) < 4.78 is 35.6. The third kappa shape index (κ3) is 1.46. The van der Waals surface area contributed by atoms with Crippen LogP contribution in [0.3, 0.4) is 0 Å². The normalized spacial score (nSPS) is 10.4. The topological polar surface area (TPSA) is 12.9 Å². The molecule has 0 N–H and O–H groups in total. The van der Waals surface area contributed by atoms with E-state index in [-0.39, 0.29) is 0 Å². The van der Waals surface area contributed by atoms with Gasteiger partial charge in [0.1, 0.15) is 11.5 Å². The number of aromatic nitrogens is 1. The molecular formula is C6H4F3N. The molecule has 1 aromatic heterocycles. The molecule has 54 valence electrons. The first-order valence-corrected chi connectivity index (χ1v) is 2.60. The number of halogens is 3. The lowest BCUT2D eigenvalue weighted by atomic mass is 10.3. The maximum atomic E-state index is 12.2. The average molecular weight is 147 g/mol. The molecule has 0 amide bonds. The van der Waals surface area contributed by atoms with Crippen molar-refractivity contribution >= 4 is 0 Å².